The van der Waals surface area contributed by atoms with Crippen LogP contribution in [0.1, 0.15) is 47.0 Å². The van der Waals surface area contributed by atoms with Crippen molar-refractivity contribution in [2.45, 2.75) is 64.8 Å². The van der Waals surface area contributed by atoms with Gasteiger partial charge in [0.1, 0.15) is 6.10 Å². The van der Waals surface area contributed by atoms with Gasteiger partial charge >= 0.3 is 5.97 Å². The van der Waals surface area contributed by atoms with Gasteiger partial charge in [-0.25, -0.2) is 0 Å². The minimum absolute atomic E-state index is 0.0504. The summed E-state index contributed by atoms with van der Waals surface area (Å²) in [5.74, 6) is -0.706. The van der Waals surface area contributed by atoms with E-state index < -0.39 is 17.8 Å². The van der Waals surface area contributed by atoms with Crippen molar-refractivity contribution < 1.29 is 19.7 Å². The molecule has 21 heavy (non-hydrogen) atoms. The summed E-state index contributed by atoms with van der Waals surface area (Å²) in [6.45, 7) is 11.8. The minimum atomic E-state index is -1.13. The van der Waals surface area contributed by atoms with Gasteiger partial charge in [-0.1, -0.05) is 27.4 Å². The fourth-order valence-electron chi connectivity index (χ4n) is 5.79. The van der Waals surface area contributed by atoms with Crippen LogP contribution in [0.3, 0.4) is 0 Å². The molecule has 3 fully saturated rings. The second-order valence-electron chi connectivity index (χ2n) is 8.16. The van der Waals surface area contributed by atoms with Crippen molar-refractivity contribution >= 4 is 5.97 Å². The number of hydrogen-bond donors (Lipinski definition) is 2. The average molecular weight is 294 g/mol. The van der Waals surface area contributed by atoms with E-state index >= 15 is 0 Å². The Bertz CT molecular complexity index is 511. The average Bonchev–Trinajstić information content (AvgIpc) is 2.81. The molecule has 0 amide bonds. The van der Waals surface area contributed by atoms with Gasteiger partial charge in [-0.15, -0.1) is 0 Å². The van der Waals surface area contributed by atoms with Gasteiger partial charge in [0, 0.05) is 24.2 Å². The van der Waals surface area contributed by atoms with Gasteiger partial charge in [-0.2, -0.15) is 0 Å². The van der Waals surface area contributed by atoms with Gasteiger partial charge in [-0.3, -0.25) is 4.79 Å². The Morgan fingerprint density at radius 3 is 2.52 bits per heavy atom. The number of carbonyl (C=O) groups is 1. The molecule has 0 aliphatic heterocycles. The summed E-state index contributed by atoms with van der Waals surface area (Å²) in [7, 11) is 0. The van der Waals surface area contributed by atoms with Crippen molar-refractivity contribution in [2.24, 2.45) is 22.7 Å². The van der Waals surface area contributed by atoms with Gasteiger partial charge in [0.05, 0.1) is 11.7 Å². The smallest absolute Gasteiger partial charge is 0.303 e. The zero-order chi connectivity index (χ0) is 15.8. The summed E-state index contributed by atoms with van der Waals surface area (Å²) < 4.78 is 5.31. The number of aliphatic hydroxyl groups excluding tert-OH is 1. The molecule has 0 aromatic carbocycles. The molecule has 3 saturated carbocycles. The van der Waals surface area contributed by atoms with E-state index in [1.807, 2.05) is 0 Å². The molecule has 0 aromatic heterocycles. The van der Waals surface area contributed by atoms with Crippen LogP contribution in [0.5, 0.6) is 0 Å². The summed E-state index contributed by atoms with van der Waals surface area (Å²) in [6.07, 6.45) is 1.31. The maximum absolute atomic E-state index is 11.5. The second kappa shape index (κ2) is 4.11. The van der Waals surface area contributed by atoms with E-state index in [0.29, 0.717) is 12.0 Å². The molecule has 3 rings (SSSR count). The molecule has 6 atom stereocenters. The topological polar surface area (TPSA) is 66.8 Å². The number of esters is 1. The molecule has 0 unspecified atom stereocenters. The van der Waals surface area contributed by atoms with Crippen molar-refractivity contribution in [3.8, 4) is 0 Å². The van der Waals surface area contributed by atoms with E-state index in [4.69, 9.17) is 4.74 Å². The maximum atomic E-state index is 11.5. The van der Waals surface area contributed by atoms with E-state index in [1.165, 1.54) is 6.92 Å². The molecule has 0 spiro atoms. The monoisotopic (exact) mass is 294 g/mol. The Morgan fingerprint density at radius 1 is 1.33 bits per heavy atom. The molecule has 0 radical (unpaired) electrons. The fourth-order valence-corrected chi connectivity index (χ4v) is 5.79. The normalized spacial score (nSPS) is 50.9. The number of carbonyl (C=O) groups excluding carboxylic acids is 1. The van der Waals surface area contributed by atoms with Crippen LogP contribution in [0.25, 0.3) is 0 Å². The van der Waals surface area contributed by atoms with Gasteiger partial charge in [0.25, 0.3) is 0 Å². The highest BCUT2D eigenvalue weighted by Crippen LogP contribution is 2.71. The zero-order valence-corrected chi connectivity index (χ0v) is 13.3. The molecule has 0 saturated heterocycles. The van der Waals surface area contributed by atoms with Crippen LogP contribution >= 0.6 is 0 Å². The quantitative estimate of drug-likeness (QED) is 0.574. The predicted octanol–water partition coefficient (Wildman–Crippen LogP) is 2.04. The first kappa shape index (κ1) is 15.0. The van der Waals surface area contributed by atoms with E-state index in [1.54, 1.807) is 0 Å². The maximum Gasteiger partial charge on any atom is 0.303 e. The fraction of sp³-hybridized carbons (Fsp3) is 0.824. The Hall–Kier alpha value is -0.870. The Balaban J connectivity index is 2.04. The molecule has 0 bridgehead atoms. The SMILES string of the molecule is C=C1[C@@H](OC(C)=O)C[C@@H]2[C@H](O)[C@]3(C)CCC(C)(C)[C@@H]3[C@@]12O. The number of fused-ring (bicyclic) bond motifs is 3. The summed E-state index contributed by atoms with van der Waals surface area (Å²) in [4.78, 5) is 11.3. The van der Waals surface area contributed by atoms with Crippen molar-refractivity contribution in [2.75, 3.05) is 0 Å². The Morgan fingerprint density at radius 2 is 1.95 bits per heavy atom. The third-order valence-electron chi connectivity index (χ3n) is 6.49. The van der Waals surface area contributed by atoms with Crippen LogP contribution in [0, 0.1) is 22.7 Å². The Labute approximate surface area is 126 Å². The molecule has 0 heterocycles. The van der Waals surface area contributed by atoms with E-state index in [9.17, 15) is 15.0 Å². The van der Waals surface area contributed by atoms with Crippen molar-refractivity contribution in [3.63, 3.8) is 0 Å². The van der Waals surface area contributed by atoms with Crippen LogP contribution in [-0.2, 0) is 9.53 Å². The number of ether oxygens (including phenoxy) is 1. The lowest BCUT2D eigenvalue weighted by atomic mass is 9.66. The highest BCUT2D eigenvalue weighted by atomic mass is 16.5. The molecule has 3 aliphatic rings. The van der Waals surface area contributed by atoms with Gasteiger partial charge in [0.15, 0.2) is 0 Å². The lowest BCUT2D eigenvalue weighted by molar-refractivity contribution is -0.145. The highest BCUT2D eigenvalue weighted by molar-refractivity contribution is 5.66. The third kappa shape index (κ3) is 1.66. The Kier molecular flexibility index (Phi) is 2.94. The predicted molar refractivity (Wildman–Crippen MR) is 78.4 cm³/mol. The van der Waals surface area contributed by atoms with Gasteiger partial charge < -0.3 is 14.9 Å². The molecule has 4 heteroatoms. The second-order valence-corrected chi connectivity index (χ2v) is 8.16. The van der Waals surface area contributed by atoms with Crippen LogP contribution < -0.4 is 0 Å². The number of aliphatic hydroxyl groups is 2. The van der Waals surface area contributed by atoms with Crippen LogP contribution in [0.2, 0.25) is 0 Å². The summed E-state index contributed by atoms with van der Waals surface area (Å²) in [6, 6.07) is 0. The molecule has 3 aliphatic carbocycles. The van der Waals surface area contributed by atoms with Gasteiger partial charge in [0.2, 0.25) is 0 Å². The van der Waals surface area contributed by atoms with Crippen LogP contribution in [-0.4, -0.2) is 34.0 Å². The van der Waals surface area contributed by atoms with Crippen molar-refractivity contribution in [1.82, 2.24) is 0 Å². The third-order valence-corrected chi connectivity index (χ3v) is 6.49. The first-order chi connectivity index (χ1) is 9.55. The van der Waals surface area contributed by atoms with Crippen molar-refractivity contribution in [1.29, 1.82) is 0 Å². The van der Waals surface area contributed by atoms with E-state index in [0.717, 1.165) is 12.8 Å². The number of rotatable bonds is 1. The molecule has 0 aromatic rings. The first-order valence-electron chi connectivity index (χ1n) is 7.82. The van der Waals surface area contributed by atoms with Gasteiger partial charge in [-0.05, 0) is 30.3 Å². The van der Waals surface area contributed by atoms with Crippen LogP contribution in [0.15, 0.2) is 12.2 Å². The van der Waals surface area contributed by atoms with E-state index in [2.05, 4.69) is 27.4 Å². The lowest BCUT2D eigenvalue weighted by Crippen LogP contribution is -2.46. The molecular formula is C17H26O4. The molecule has 4 nitrogen and oxygen atoms in total. The summed E-state index contributed by atoms with van der Waals surface area (Å²) in [5.41, 5.74) is -0.903. The number of hydrogen-bond acceptors (Lipinski definition) is 4. The van der Waals surface area contributed by atoms with E-state index in [-0.39, 0.29) is 28.6 Å². The summed E-state index contributed by atoms with van der Waals surface area (Å²) in [5, 5.41) is 22.3. The largest absolute Gasteiger partial charge is 0.458 e. The first-order valence-corrected chi connectivity index (χ1v) is 7.82. The van der Waals surface area contributed by atoms with Crippen molar-refractivity contribution in [3.05, 3.63) is 12.2 Å². The molecule has 2 N–H and O–H groups in total. The van der Waals surface area contributed by atoms with Crippen LogP contribution in [0.4, 0.5) is 0 Å². The standard InChI is InChI=1S/C17H26O4/c1-9-12(21-10(2)18)8-11-13(19)16(5)7-6-15(3,4)14(16)17(9,11)20/h11-14,19-20H,1,6-8H2,2-5H3/t11-,12+,13+,14+,16+,17-/m1/s1. The lowest BCUT2D eigenvalue weighted by Gasteiger charge is -2.42. The zero-order valence-electron chi connectivity index (χ0n) is 13.3. The minimum Gasteiger partial charge on any atom is -0.458 e. The molecular weight excluding hydrogens is 268 g/mol. The summed E-state index contributed by atoms with van der Waals surface area (Å²) >= 11 is 0. The molecule has 118 valence electrons. The highest BCUT2D eigenvalue weighted by Gasteiger charge is 2.74.